The van der Waals surface area contributed by atoms with Gasteiger partial charge in [0.15, 0.2) is 0 Å². The Balaban J connectivity index is 1.28. The van der Waals surface area contributed by atoms with E-state index in [9.17, 15) is 14.7 Å². The van der Waals surface area contributed by atoms with Gasteiger partial charge >= 0.3 is 12.1 Å². The topological polar surface area (TPSA) is 88.5 Å². The van der Waals surface area contributed by atoms with E-state index in [-0.39, 0.29) is 6.54 Å². The molecule has 1 aliphatic rings. The van der Waals surface area contributed by atoms with Gasteiger partial charge in [0.1, 0.15) is 30.4 Å². The molecule has 0 unspecified atom stereocenters. The van der Waals surface area contributed by atoms with E-state index in [1.165, 1.54) is 10.4 Å². The number of carboxylic acid groups (broad SMARTS) is 1. The molecule has 1 N–H and O–H groups in total. The van der Waals surface area contributed by atoms with Crippen LogP contribution < -0.4 is 14.2 Å². The number of benzene rings is 2. The van der Waals surface area contributed by atoms with Gasteiger partial charge in [-0.1, -0.05) is 12.1 Å². The number of hydrogen-bond donors (Lipinski definition) is 1. The number of aliphatic carboxylic acids is 1. The highest BCUT2D eigenvalue weighted by atomic mass is 32.1. The second-order valence-corrected chi connectivity index (χ2v) is 9.18. The van der Waals surface area contributed by atoms with Gasteiger partial charge in [0, 0.05) is 31.1 Å². The number of ether oxygens (including phenoxy) is 3. The molecule has 9 heteroatoms. The molecule has 0 radical (unpaired) electrons. The smallest absolute Gasteiger partial charge is 0.416 e. The Morgan fingerprint density at radius 2 is 1.74 bits per heavy atom. The molecule has 0 spiro atoms. The summed E-state index contributed by atoms with van der Waals surface area (Å²) in [5.41, 5.74) is 2.19. The number of methoxy groups -OCH3 is 1. The van der Waals surface area contributed by atoms with E-state index < -0.39 is 18.6 Å². The number of fused-ring (bicyclic) bond motifs is 1. The Morgan fingerprint density at radius 1 is 1.03 bits per heavy atom. The van der Waals surface area contributed by atoms with E-state index in [0.717, 1.165) is 42.3 Å². The molecule has 4 rings (SSSR count). The van der Waals surface area contributed by atoms with Crippen LogP contribution in [-0.4, -0.2) is 60.3 Å². The Morgan fingerprint density at radius 3 is 2.46 bits per heavy atom. The predicted molar refractivity (Wildman–Crippen MR) is 132 cm³/mol. The first kappa shape index (κ1) is 24.6. The highest BCUT2D eigenvalue weighted by Gasteiger charge is 2.20. The summed E-state index contributed by atoms with van der Waals surface area (Å²) in [5, 5.41) is 11.4. The number of carbonyl (C=O) groups excluding carboxylic acids is 1. The van der Waals surface area contributed by atoms with Crippen LogP contribution in [0.2, 0.25) is 0 Å². The highest BCUT2D eigenvalue weighted by Crippen LogP contribution is 2.24. The highest BCUT2D eigenvalue weighted by molar-refractivity contribution is 7.10. The van der Waals surface area contributed by atoms with Gasteiger partial charge in [-0.25, -0.2) is 4.79 Å². The maximum absolute atomic E-state index is 12.6. The standard InChI is InChI=1S/C26H28N2O6S/c1-32-21-6-8-23(9-7-21)34-26(31)28(18-25(29)30)16-19-2-4-22(5-3-19)33-14-13-27-12-10-24-20(17-27)11-15-35-24/h2-9,11,15H,10,12-14,16-18H2,1H3,(H,29,30). The zero-order valence-corrected chi connectivity index (χ0v) is 20.3. The van der Waals surface area contributed by atoms with E-state index in [1.54, 1.807) is 31.4 Å². The number of amides is 1. The first-order chi connectivity index (χ1) is 17.0. The monoisotopic (exact) mass is 496 g/mol. The van der Waals surface area contributed by atoms with Crippen molar-refractivity contribution in [3.8, 4) is 17.2 Å². The van der Waals surface area contributed by atoms with Crippen molar-refractivity contribution in [1.82, 2.24) is 9.80 Å². The first-order valence-corrected chi connectivity index (χ1v) is 12.2. The van der Waals surface area contributed by atoms with Crippen molar-refractivity contribution in [1.29, 1.82) is 0 Å². The SMILES string of the molecule is COc1ccc(OC(=O)N(CC(=O)O)Cc2ccc(OCCN3CCc4sccc4C3)cc2)cc1. The second-order valence-electron chi connectivity index (χ2n) is 8.18. The number of thiophene rings is 1. The fourth-order valence-corrected chi connectivity index (χ4v) is 4.75. The number of rotatable bonds is 10. The minimum atomic E-state index is -1.12. The molecule has 0 atom stereocenters. The molecule has 0 fully saturated rings. The number of nitrogens with zero attached hydrogens (tertiary/aromatic N) is 2. The van der Waals surface area contributed by atoms with Crippen LogP contribution in [-0.2, 0) is 24.3 Å². The molecular weight excluding hydrogens is 468 g/mol. The normalized spacial score (nSPS) is 13.1. The molecular formula is C26H28N2O6S. The van der Waals surface area contributed by atoms with Gasteiger partial charge in [0.2, 0.25) is 0 Å². The lowest BCUT2D eigenvalue weighted by Crippen LogP contribution is -2.37. The van der Waals surface area contributed by atoms with E-state index in [2.05, 4.69) is 16.3 Å². The van der Waals surface area contributed by atoms with Crippen LogP contribution in [0, 0.1) is 0 Å². The third-order valence-electron chi connectivity index (χ3n) is 5.71. The largest absolute Gasteiger partial charge is 0.497 e. The van der Waals surface area contributed by atoms with Crippen LogP contribution in [0.5, 0.6) is 17.2 Å². The fraction of sp³-hybridized carbons (Fsp3) is 0.308. The zero-order chi connectivity index (χ0) is 24.6. The summed E-state index contributed by atoms with van der Waals surface area (Å²) >= 11 is 1.83. The molecule has 0 bridgehead atoms. The number of carboxylic acids is 1. The Labute approximate surface area is 208 Å². The van der Waals surface area contributed by atoms with Gasteiger partial charge in [-0.05, 0) is 65.4 Å². The maximum Gasteiger partial charge on any atom is 0.416 e. The molecule has 0 saturated carbocycles. The van der Waals surface area contributed by atoms with Gasteiger partial charge < -0.3 is 19.3 Å². The molecule has 1 aliphatic heterocycles. The van der Waals surface area contributed by atoms with Gasteiger partial charge in [-0.3, -0.25) is 14.6 Å². The molecule has 8 nitrogen and oxygen atoms in total. The van der Waals surface area contributed by atoms with Gasteiger partial charge in [0.25, 0.3) is 0 Å². The lowest BCUT2D eigenvalue weighted by atomic mass is 10.1. The molecule has 35 heavy (non-hydrogen) atoms. The number of hydrogen-bond acceptors (Lipinski definition) is 7. The summed E-state index contributed by atoms with van der Waals surface area (Å²) in [6, 6.07) is 16.0. The summed E-state index contributed by atoms with van der Waals surface area (Å²) in [6.45, 7) is 3.06. The molecule has 184 valence electrons. The quantitative estimate of drug-likeness (QED) is 0.448. The molecule has 1 amide bonds. The van der Waals surface area contributed by atoms with Crippen LogP contribution in [0.4, 0.5) is 4.79 Å². The van der Waals surface area contributed by atoms with Crippen molar-refractivity contribution >= 4 is 23.4 Å². The van der Waals surface area contributed by atoms with E-state index in [0.29, 0.717) is 18.1 Å². The summed E-state index contributed by atoms with van der Waals surface area (Å²) in [5.74, 6) is 0.539. The van der Waals surface area contributed by atoms with E-state index in [1.807, 2.05) is 35.6 Å². The van der Waals surface area contributed by atoms with Gasteiger partial charge in [-0.15, -0.1) is 11.3 Å². The average Bonchev–Trinajstić information content (AvgIpc) is 3.33. The van der Waals surface area contributed by atoms with Crippen molar-refractivity contribution in [3.05, 3.63) is 76.0 Å². The molecule has 1 aromatic heterocycles. The fourth-order valence-electron chi connectivity index (χ4n) is 3.86. The van der Waals surface area contributed by atoms with Gasteiger partial charge in [-0.2, -0.15) is 0 Å². The number of carbonyl (C=O) groups is 2. The first-order valence-electron chi connectivity index (χ1n) is 11.3. The van der Waals surface area contributed by atoms with Crippen molar-refractivity contribution in [2.45, 2.75) is 19.5 Å². The maximum atomic E-state index is 12.6. The van der Waals surface area contributed by atoms with Gasteiger partial charge in [0.05, 0.1) is 7.11 Å². The van der Waals surface area contributed by atoms with Crippen LogP contribution in [0.15, 0.2) is 60.0 Å². The zero-order valence-electron chi connectivity index (χ0n) is 19.5. The molecule has 2 heterocycles. The van der Waals surface area contributed by atoms with Crippen molar-refractivity contribution in [2.75, 3.05) is 33.4 Å². The van der Waals surface area contributed by atoms with Crippen molar-refractivity contribution in [2.24, 2.45) is 0 Å². The summed E-state index contributed by atoms with van der Waals surface area (Å²) in [4.78, 5) is 28.9. The van der Waals surface area contributed by atoms with E-state index >= 15 is 0 Å². The summed E-state index contributed by atoms with van der Waals surface area (Å²) in [6.07, 6.45) is 0.350. The second kappa shape index (κ2) is 11.7. The van der Waals surface area contributed by atoms with E-state index in [4.69, 9.17) is 14.2 Å². The summed E-state index contributed by atoms with van der Waals surface area (Å²) < 4.78 is 16.3. The van der Waals surface area contributed by atoms with Crippen LogP contribution in [0.3, 0.4) is 0 Å². The minimum Gasteiger partial charge on any atom is -0.497 e. The lowest BCUT2D eigenvalue weighted by Gasteiger charge is -2.26. The molecule has 2 aromatic carbocycles. The molecule has 0 saturated heterocycles. The minimum absolute atomic E-state index is 0.0956. The Kier molecular flexibility index (Phi) is 8.23. The Hall–Kier alpha value is -3.56. The Bertz CT molecular complexity index is 1130. The average molecular weight is 497 g/mol. The summed E-state index contributed by atoms with van der Waals surface area (Å²) in [7, 11) is 1.54. The third kappa shape index (κ3) is 6.97. The van der Waals surface area contributed by atoms with Crippen LogP contribution in [0.1, 0.15) is 16.0 Å². The van der Waals surface area contributed by atoms with Crippen molar-refractivity contribution in [3.63, 3.8) is 0 Å². The lowest BCUT2D eigenvalue weighted by molar-refractivity contribution is -0.138. The molecule has 3 aromatic rings. The van der Waals surface area contributed by atoms with Crippen LogP contribution >= 0.6 is 11.3 Å². The third-order valence-corrected chi connectivity index (χ3v) is 6.73. The predicted octanol–water partition coefficient (Wildman–Crippen LogP) is 4.28. The molecule has 0 aliphatic carbocycles. The van der Waals surface area contributed by atoms with Crippen molar-refractivity contribution < 1.29 is 28.9 Å². The van der Waals surface area contributed by atoms with Crippen LogP contribution in [0.25, 0.3) is 0 Å².